The van der Waals surface area contributed by atoms with E-state index in [1.54, 1.807) is 6.07 Å². The summed E-state index contributed by atoms with van der Waals surface area (Å²) in [5, 5.41) is 3.24. The second-order valence-corrected chi connectivity index (χ2v) is 6.22. The zero-order valence-corrected chi connectivity index (χ0v) is 12.9. The molecule has 4 heteroatoms. The van der Waals surface area contributed by atoms with Crippen LogP contribution in [0.1, 0.15) is 56.9 Å². The van der Waals surface area contributed by atoms with E-state index in [-0.39, 0.29) is 5.91 Å². The standard InChI is InChI=1S/C16H27N3O/c1-4-19-10-12(17)9-15(19)16(20)18-14-8-6-5-7-13(14)11(2)3/h9-11,13-14H,4-8,17H2,1-3H3,(H,18,20). The van der Waals surface area contributed by atoms with Crippen molar-refractivity contribution < 1.29 is 4.79 Å². The molecule has 1 amide bonds. The van der Waals surface area contributed by atoms with Crippen molar-refractivity contribution in [3.05, 3.63) is 18.0 Å². The molecule has 4 nitrogen and oxygen atoms in total. The molecule has 0 aromatic carbocycles. The van der Waals surface area contributed by atoms with E-state index in [1.807, 2.05) is 17.7 Å². The Morgan fingerprint density at radius 2 is 2.15 bits per heavy atom. The number of hydrogen-bond donors (Lipinski definition) is 2. The van der Waals surface area contributed by atoms with Crippen LogP contribution >= 0.6 is 0 Å². The van der Waals surface area contributed by atoms with Crippen molar-refractivity contribution in [3.8, 4) is 0 Å². The molecule has 0 saturated heterocycles. The minimum Gasteiger partial charge on any atom is -0.397 e. The topological polar surface area (TPSA) is 60.0 Å². The number of anilines is 1. The number of nitrogen functional groups attached to an aromatic ring is 1. The maximum Gasteiger partial charge on any atom is 0.268 e. The van der Waals surface area contributed by atoms with Crippen molar-refractivity contribution in [1.29, 1.82) is 0 Å². The molecule has 0 aliphatic heterocycles. The number of aromatic nitrogens is 1. The Kier molecular flexibility index (Phi) is 4.73. The quantitative estimate of drug-likeness (QED) is 0.888. The van der Waals surface area contributed by atoms with Gasteiger partial charge in [-0.3, -0.25) is 4.79 Å². The highest BCUT2D eigenvalue weighted by molar-refractivity contribution is 5.94. The number of carbonyl (C=O) groups is 1. The van der Waals surface area contributed by atoms with Crippen LogP contribution < -0.4 is 11.1 Å². The van der Waals surface area contributed by atoms with Crippen molar-refractivity contribution in [1.82, 2.24) is 9.88 Å². The summed E-state index contributed by atoms with van der Waals surface area (Å²) in [7, 11) is 0. The first-order valence-electron chi connectivity index (χ1n) is 7.79. The van der Waals surface area contributed by atoms with Crippen LogP contribution in [0.4, 0.5) is 5.69 Å². The largest absolute Gasteiger partial charge is 0.397 e. The van der Waals surface area contributed by atoms with Gasteiger partial charge in [-0.25, -0.2) is 0 Å². The van der Waals surface area contributed by atoms with E-state index in [9.17, 15) is 4.79 Å². The minimum absolute atomic E-state index is 0.0149. The molecule has 1 saturated carbocycles. The molecule has 20 heavy (non-hydrogen) atoms. The molecule has 0 spiro atoms. The van der Waals surface area contributed by atoms with E-state index in [1.165, 1.54) is 19.3 Å². The highest BCUT2D eigenvalue weighted by Crippen LogP contribution is 2.30. The Labute approximate surface area is 121 Å². The Morgan fingerprint density at radius 3 is 2.80 bits per heavy atom. The summed E-state index contributed by atoms with van der Waals surface area (Å²) < 4.78 is 1.91. The second kappa shape index (κ2) is 6.33. The van der Waals surface area contributed by atoms with E-state index < -0.39 is 0 Å². The van der Waals surface area contributed by atoms with Crippen LogP contribution in [0, 0.1) is 11.8 Å². The number of nitrogens with two attached hydrogens (primary N) is 1. The van der Waals surface area contributed by atoms with Crippen molar-refractivity contribution >= 4 is 11.6 Å². The molecule has 2 unspecified atom stereocenters. The average Bonchev–Trinajstić information content (AvgIpc) is 2.80. The van der Waals surface area contributed by atoms with Crippen molar-refractivity contribution in [2.24, 2.45) is 11.8 Å². The van der Waals surface area contributed by atoms with Gasteiger partial charge in [-0.05, 0) is 37.7 Å². The van der Waals surface area contributed by atoms with Gasteiger partial charge in [0, 0.05) is 18.8 Å². The fraction of sp³-hybridized carbons (Fsp3) is 0.688. The first kappa shape index (κ1) is 14.9. The Morgan fingerprint density at radius 1 is 1.45 bits per heavy atom. The van der Waals surface area contributed by atoms with Crippen LogP contribution in [-0.2, 0) is 6.54 Å². The molecule has 0 radical (unpaired) electrons. The van der Waals surface area contributed by atoms with Gasteiger partial charge in [-0.2, -0.15) is 0 Å². The predicted molar refractivity (Wildman–Crippen MR) is 82.6 cm³/mol. The van der Waals surface area contributed by atoms with Crippen LogP contribution in [0.3, 0.4) is 0 Å². The smallest absolute Gasteiger partial charge is 0.268 e. The number of amides is 1. The van der Waals surface area contributed by atoms with E-state index in [0.29, 0.717) is 29.3 Å². The molecule has 3 N–H and O–H groups in total. The van der Waals surface area contributed by atoms with Crippen LogP contribution in [-0.4, -0.2) is 16.5 Å². The van der Waals surface area contributed by atoms with Gasteiger partial charge in [-0.15, -0.1) is 0 Å². The van der Waals surface area contributed by atoms with Crippen LogP contribution in [0.15, 0.2) is 12.3 Å². The number of hydrogen-bond acceptors (Lipinski definition) is 2. The molecule has 2 rings (SSSR count). The van der Waals surface area contributed by atoms with Crippen LogP contribution in [0.25, 0.3) is 0 Å². The monoisotopic (exact) mass is 277 g/mol. The lowest BCUT2D eigenvalue weighted by atomic mass is 9.78. The summed E-state index contributed by atoms with van der Waals surface area (Å²) in [5.74, 6) is 1.22. The zero-order chi connectivity index (χ0) is 14.7. The SMILES string of the molecule is CCn1cc(N)cc1C(=O)NC1CCCCC1C(C)C. The van der Waals surface area contributed by atoms with E-state index >= 15 is 0 Å². The third kappa shape index (κ3) is 3.17. The molecule has 1 aliphatic carbocycles. The molecule has 1 aromatic rings. The molecule has 1 fully saturated rings. The highest BCUT2D eigenvalue weighted by Gasteiger charge is 2.29. The summed E-state index contributed by atoms with van der Waals surface area (Å²) in [4.78, 5) is 12.5. The van der Waals surface area contributed by atoms with Gasteiger partial charge in [0.1, 0.15) is 5.69 Å². The molecule has 1 heterocycles. The molecular weight excluding hydrogens is 250 g/mol. The fourth-order valence-electron chi connectivity index (χ4n) is 3.36. The summed E-state index contributed by atoms with van der Waals surface area (Å²) in [5.41, 5.74) is 7.13. The van der Waals surface area contributed by atoms with Gasteiger partial charge in [0.05, 0.1) is 5.69 Å². The molecule has 1 aliphatic rings. The van der Waals surface area contributed by atoms with Gasteiger partial charge >= 0.3 is 0 Å². The number of nitrogens with one attached hydrogen (secondary N) is 1. The number of rotatable bonds is 4. The summed E-state index contributed by atoms with van der Waals surface area (Å²) in [6.45, 7) is 7.29. The molecular formula is C16H27N3O. The van der Waals surface area contributed by atoms with Crippen molar-refractivity contribution in [2.75, 3.05) is 5.73 Å². The first-order chi connectivity index (χ1) is 9.52. The highest BCUT2D eigenvalue weighted by atomic mass is 16.2. The van der Waals surface area contributed by atoms with Gasteiger partial charge in [-0.1, -0.05) is 26.7 Å². The van der Waals surface area contributed by atoms with Crippen LogP contribution in [0.5, 0.6) is 0 Å². The minimum atomic E-state index is 0.0149. The third-order valence-corrected chi connectivity index (χ3v) is 4.48. The molecule has 1 aromatic heterocycles. The number of nitrogens with zero attached hydrogens (tertiary/aromatic N) is 1. The lowest BCUT2D eigenvalue weighted by Crippen LogP contribution is -2.44. The maximum atomic E-state index is 12.5. The van der Waals surface area contributed by atoms with Gasteiger partial charge in [0.2, 0.25) is 0 Å². The average molecular weight is 277 g/mol. The van der Waals surface area contributed by atoms with Crippen molar-refractivity contribution in [2.45, 2.75) is 59.0 Å². The Hall–Kier alpha value is -1.45. The fourth-order valence-corrected chi connectivity index (χ4v) is 3.36. The lowest BCUT2D eigenvalue weighted by molar-refractivity contribution is 0.0880. The zero-order valence-electron chi connectivity index (χ0n) is 12.9. The molecule has 112 valence electrons. The maximum absolute atomic E-state index is 12.5. The van der Waals surface area contributed by atoms with Crippen LogP contribution in [0.2, 0.25) is 0 Å². The van der Waals surface area contributed by atoms with Gasteiger partial charge in [0.15, 0.2) is 0 Å². The summed E-state index contributed by atoms with van der Waals surface area (Å²) in [6.07, 6.45) is 6.64. The van der Waals surface area contributed by atoms with Gasteiger partial charge < -0.3 is 15.6 Å². The number of aryl methyl sites for hydroxylation is 1. The number of carbonyl (C=O) groups excluding carboxylic acids is 1. The predicted octanol–water partition coefficient (Wildman–Crippen LogP) is 3.03. The van der Waals surface area contributed by atoms with E-state index in [2.05, 4.69) is 19.2 Å². The summed E-state index contributed by atoms with van der Waals surface area (Å²) in [6, 6.07) is 2.07. The van der Waals surface area contributed by atoms with E-state index in [0.717, 1.165) is 13.0 Å². The Bertz CT molecular complexity index is 464. The normalized spacial score (nSPS) is 23.0. The first-order valence-corrected chi connectivity index (χ1v) is 7.79. The summed E-state index contributed by atoms with van der Waals surface area (Å²) >= 11 is 0. The second-order valence-electron chi connectivity index (χ2n) is 6.22. The Balaban J connectivity index is 2.09. The molecule has 0 bridgehead atoms. The van der Waals surface area contributed by atoms with Gasteiger partial charge in [0.25, 0.3) is 5.91 Å². The third-order valence-electron chi connectivity index (χ3n) is 4.48. The lowest BCUT2D eigenvalue weighted by Gasteiger charge is -2.34. The van der Waals surface area contributed by atoms with Crippen molar-refractivity contribution in [3.63, 3.8) is 0 Å². The van der Waals surface area contributed by atoms with E-state index in [4.69, 9.17) is 5.73 Å². The molecule has 2 atom stereocenters.